The van der Waals surface area contributed by atoms with Crippen molar-refractivity contribution < 1.29 is 22.7 Å². The van der Waals surface area contributed by atoms with Gasteiger partial charge in [0.15, 0.2) is 11.3 Å². The Kier molecular flexibility index (Phi) is 4.50. The van der Waals surface area contributed by atoms with Crippen molar-refractivity contribution in [2.24, 2.45) is 0 Å². The lowest BCUT2D eigenvalue weighted by Crippen LogP contribution is -2.16. The van der Waals surface area contributed by atoms with E-state index in [2.05, 4.69) is 20.4 Å². The first-order valence-corrected chi connectivity index (χ1v) is 7.18. The number of halogens is 3. The summed E-state index contributed by atoms with van der Waals surface area (Å²) >= 11 is 0. The summed E-state index contributed by atoms with van der Waals surface area (Å²) in [5.74, 6) is -0.523. The van der Waals surface area contributed by atoms with Crippen molar-refractivity contribution in [1.82, 2.24) is 19.6 Å². The quantitative estimate of drug-likeness (QED) is 0.764. The summed E-state index contributed by atoms with van der Waals surface area (Å²) in [6.07, 6.45) is -1.05. The lowest BCUT2D eigenvalue weighted by molar-refractivity contribution is -0.139. The van der Waals surface area contributed by atoms with E-state index in [9.17, 15) is 18.0 Å². The molecule has 1 N–H and O–H groups in total. The fourth-order valence-corrected chi connectivity index (χ4v) is 1.99. The average molecular weight is 351 g/mol. The normalized spacial score (nSPS) is 11.5. The Labute approximate surface area is 139 Å². The van der Waals surface area contributed by atoms with E-state index in [1.165, 1.54) is 29.0 Å². The number of fused-ring (bicyclic) bond motifs is 1. The van der Waals surface area contributed by atoms with Crippen LogP contribution >= 0.6 is 0 Å². The molecule has 0 atom stereocenters. The van der Waals surface area contributed by atoms with Gasteiger partial charge in [0, 0.05) is 12.3 Å². The predicted molar refractivity (Wildman–Crippen MR) is 81.3 cm³/mol. The summed E-state index contributed by atoms with van der Waals surface area (Å²) in [6, 6.07) is 6.21. The lowest BCUT2D eigenvalue weighted by atomic mass is 10.4. The van der Waals surface area contributed by atoms with Gasteiger partial charge in [0.25, 0.3) is 5.91 Å². The Bertz CT molecular complexity index is 880. The summed E-state index contributed by atoms with van der Waals surface area (Å²) in [5.41, 5.74) is 0.958. The second-order valence-electron chi connectivity index (χ2n) is 4.99. The van der Waals surface area contributed by atoms with Gasteiger partial charge in [0.1, 0.15) is 0 Å². The molecule has 0 bridgehead atoms. The van der Waals surface area contributed by atoms with Gasteiger partial charge in [-0.1, -0.05) is 0 Å². The SMILES string of the molecule is O=C(Nc1cccnc1)c1cnc2ccc(OCCC(F)(F)F)nn12. The molecule has 25 heavy (non-hydrogen) atoms. The fourth-order valence-electron chi connectivity index (χ4n) is 1.99. The molecule has 10 heteroatoms. The number of rotatable bonds is 5. The number of anilines is 1. The van der Waals surface area contributed by atoms with Gasteiger partial charge >= 0.3 is 6.18 Å². The molecule has 0 aromatic carbocycles. The van der Waals surface area contributed by atoms with Crippen molar-refractivity contribution in [3.63, 3.8) is 0 Å². The smallest absolute Gasteiger partial charge is 0.392 e. The number of aromatic nitrogens is 4. The third-order valence-corrected chi connectivity index (χ3v) is 3.13. The van der Waals surface area contributed by atoms with Gasteiger partial charge in [-0.2, -0.15) is 13.2 Å². The third kappa shape index (κ3) is 4.22. The highest BCUT2D eigenvalue weighted by molar-refractivity contribution is 6.03. The van der Waals surface area contributed by atoms with Gasteiger partial charge in [0.2, 0.25) is 5.88 Å². The molecule has 0 saturated heterocycles. The number of nitrogens with zero attached hydrogens (tertiary/aromatic N) is 4. The van der Waals surface area contributed by atoms with Crippen molar-refractivity contribution in [2.75, 3.05) is 11.9 Å². The molecule has 3 aromatic heterocycles. The minimum absolute atomic E-state index is 0.0369. The average Bonchev–Trinajstić information content (AvgIpc) is 2.98. The number of hydrogen-bond acceptors (Lipinski definition) is 5. The minimum atomic E-state index is -4.31. The Hall–Kier alpha value is -3.17. The van der Waals surface area contributed by atoms with Crippen molar-refractivity contribution in [3.8, 4) is 5.88 Å². The molecule has 0 spiro atoms. The molecule has 0 aliphatic heterocycles. The zero-order valence-electron chi connectivity index (χ0n) is 12.7. The topological polar surface area (TPSA) is 81.4 Å². The molecule has 0 saturated carbocycles. The number of hydrogen-bond donors (Lipinski definition) is 1. The second-order valence-corrected chi connectivity index (χ2v) is 4.99. The largest absolute Gasteiger partial charge is 0.476 e. The zero-order valence-corrected chi connectivity index (χ0v) is 12.7. The van der Waals surface area contributed by atoms with Gasteiger partial charge < -0.3 is 10.1 Å². The van der Waals surface area contributed by atoms with E-state index in [-0.39, 0.29) is 11.6 Å². The maximum Gasteiger partial charge on any atom is 0.392 e. The maximum absolute atomic E-state index is 12.3. The summed E-state index contributed by atoms with van der Waals surface area (Å²) in [5, 5.41) is 6.63. The first kappa shape index (κ1) is 16.7. The molecule has 0 fully saturated rings. The van der Waals surface area contributed by atoms with Crippen LogP contribution in [0.15, 0.2) is 42.9 Å². The van der Waals surface area contributed by atoms with Crippen molar-refractivity contribution in [1.29, 1.82) is 0 Å². The molecule has 0 aliphatic rings. The van der Waals surface area contributed by atoms with E-state index in [0.29, 0.717) is 11.3 Å². The number of ether oxygens (including phenoxy) is 1. The number of imidazole rings is 1. The van der Waals surface area contributed by atoms with E-state index in [1.54, 1.807) is 18.3 Å². The molecule has 130 valence electrons. The minimum Gasteiger partial charge on any atom is -0.476 e. The van der Waals surface area contributed by atoms with Crippen LogP contribution < -0.4 is 10.1 Å². The van der Waals surface area contributed by atoms with E-state index in [4.69, 9.17) is 4.74 Å². The summed E-state index contributed by atoms with van der Waals surface area (Å²) < 4.78 is 42.7. The Morgan fingerprint density at radius 2 is 2.08 bits per heavy atom. The molecular weight excluding hydrogens is 339 g/mol. The third-order valence-electron chi connectivity index (χ3n) is 3.13. The molecule has 0 aliphatic carbocycles. The summed E-state index contributed by atoms with van der Waals surface area (Å²) in [6.45, 7) is -0.562. The predicted octanol–water partition coefficient (Wildman–Crippen LogP) is 2.71. The van der Waals surface area contributed by atoms with Crippen LogP contribution in [-0.2, 0) is 0 Å². The van der Waals surface area contributed by atoms with E-state index in [1.807, 2.05) is 0 Å². The maximum atomic E-state index is 12.3. The monoisotopic (exact) mass is 351 g/mol. The van der Waals surface area contributed by atoms with Gasteiger partial charge in [-0.3, -0.25) is 9.78 Å². The summed E-state index contributed by atoms with van der Waals surface area (Å²) in [7, 11) is 0. The zero-order chi connectivity index (χ0) is 17.9. The molecule has 0 radical (unpaired) electrons. The molecule has 3 rings (SSSR count). The van der Waals surface area contributed by atoms with E-state index in [0.717, 1.165) is 0 Å². The highest BCUT2D eigenvalue weighted by Crippen LogP contribution is 2.20. The van der Waals surface area contributed by atoms with Crippen LogP contribution in [0.4, 0.5) is 18.9 Å². The number of amides is 1. The van der Waals surface area contributed by atoms with Crippen LogP contribution in [0.3, 0.4) is 0 Å². The number of alkyl halides is 3. The number of carbonyl (C=O) groups excluding carboxylic acids is 1. The standard InChI is InChI=1S/C15H12F3N5O2/c16-15(17,18)5-7-25-13-4-3-12-20-9-11(23(12)22-13)14(24)21-10-2-1-6-19-8-10/h1-4,6,8-9H,5,7H2,(H,21,24). The van der Waals surface area contributed by atoms with Crippen LogP contribution in [0.2, 0.25) is 0 Å². The van der Waals surface area contributed by atoms with Gasteiger partial charge in [0.05, 0.1) is 31.1 Å². The number of nitrogens with one attached hydrogen (secondary N) is 1. The van der Waals surface area contributed by atoms with Crippen LogP contribution in [0.1, 0.15) is 16.9 Å². The van der Waals surface area contributed by atoms with E-state index < -0.39 is 25.1 Å². The fraction of sp³-hybridized carbons (Fsp3) is 0.200. The van der Waals surface area contributed by atoms with Gasteiger partial charge in [-0.15, -0.1) is 5.10 Å². The highest BCUT2D eigenvalue weighted by atomic mass is 19.4. The Morgan fingerprint density at radius 1 is 1.24 bits per heavy atom. The first-order valence-electron chi connectivity index (χ1n) is 7.18. The summed E-state index contributed by atoms with van der Waals surface area (Å²) in [4.78, 5) is 20.2. The Balaban J connectivity index is 1.77. The molecule has 7 nitrogen and oxygen atoms in total. The number of pyridine rings is 1. The molecule has 3 aromatic rings. The van der Waals surface area contributed by atoms with Crippen LogP contribution in [0, 0.1) is 0 Å². The Morgan fingerprint density at radius 3 is 2.80 bits per heavy atom. The second kappa shape index (κ2) is 6.75. The van der Waals surface area contributed by atoms with Crippen molar-refractivity contribution in [3.05, 3.63) is 48.5 Å². The lowest BCUT2D eigenvalue weighted by Gasteiger charge is -2.08. The van der Waals surface area contributed by atoms with E-state index >= 15 is 0 Å². The van der Waals surface area contributed by atoms with Crippen LogP contribution in [0.5, 0.6) is 5.88 Å². The first-order chi connectivity index (χ1) is 11.9. The molecule has 3 heterocycles. The van der Waals surface area contributed by atoms with Crippen LogP contribution in [-0.4, -0.2) is 38.3 Å². The van der Waals surface area contributed by atoms with Crippen molar-refractivity contribution in [2.45, 2.75) is 12.6 Å². The highest BCUT2D eigenvalue weighted by Gasteiger charge is 2.27. The molecule has 0 unspecified atom stereocenters. The molecule has 1 amide bonds. The van der Waals surface area contributed by atoms with Gasteiger partial charge in [-0.25, -0.2) is 9.50 Å². The molecular formula is C15H12F3N5O2. The van der Waals surface area contributed by atoms with Crippen molar-refractivity contribution >= 4 is 17.2 Å². The number of carbonyl (C=O) groups is 1. The van der Waals surface area contributed by atoms with Crippen LogP contribution in [0.25, 0.3) is 5.65 Å². The van der Waals surface area contributed by atoms with Gasteiger partial charge in [-0.05, 0) is 18.2 Å².